The topological polar surface area (TPSA) is 25.8 Å². The average Bonchev–Trinajstić information content (AvgIpc) is 3.12. The smallest absolute Gasteiger partial charge is 0.0776 e. The summed E-state index contributed by atoms with van der Waals surface area (Å²) in [7, 11) is -1.68. The predicted molar refractivity (Wildman–Crippen MR) is 214 cm³/mol. The fraction of sp³-hybridized carbons (Fsp3) is 0.130. The molecule has 242 valence electrons. The number of nitrogens with zero attached hydrogens (tertiary/aromatic N) is 2. The van der Waals surface area contributed by atoms with Gasteiger partial charge in [-0.3, -0.25) is 9.97 Å². The van der Waals surface area contributed by atoms with E-state index in [0.717, 1.165) is 22.5 Å². The monoisotopic (exact) mass is 652 g/mol. The van der Waals surface area contributed by atoms with Crippen LogP contribution in [0.4, 0.5) is 0 Å². The second-order valence-corrected chi connectivity index (χ2v) is 18.7. The molecule has 0 atom stereocenters. The van der Waals surface area contributed by atoms with E-state index in [-0.39, 0.29) is 7.43 Å². The summed E-state index contributed by atoms with van der Waals surface area (Å²) < 4.78 is 0. The van der Waals surface area contributed by atoms with E-state index in [9.17, 15) is 0 Å². The lowest BCUT2D eigenvalue weighted by molar-refractivity contribution is 1.32. The van der Waals surface area contributed by atoms with Gasteiger partial charge in [0.15, 0.2) is 0 Å². The van der Waals surface area contributed by atoms with Gasteiger partial charge in [-0.25, -0.2) is 0 Å². The maximum Gasteiger partial charge on any atom is 0.0776 e. The summed E-state index contributed by atoms with van der Waals surface area (Å²) in [5.41, 5.74) is 16.7. The maximum atomic E-state index is 4.58. The molecule has 49 heavy (non-hydrogen) atoms. The van der Waals surface area contributed by atoms with Crippen molar-refractivity contribution in [2.45, 2.75) is 40.9 Å². The molecule has 5 aromatic carbocycles. The van der Waals surface area contributed by atoms with Crippen molar-refractivity contribution in [2.75, 3.05) is 0 Å². The quantitative estimate of drug-likeness (QED) is 0.160. The zero-order valence-electron chi connectivity index (χ0n) is 28.3. The summed E-state index contributed by atoms with van der Waals surface area (Å²) >= 11 is 0. The van der Waals surface area contributed by atoms with Gasteiger partial charge < -0.3 is 0 Å². The Balaban J connectivity index is 0.00000417. The van der Waals surface area contributed by atoms with Crippen LogP contribution in [0.1, 0.15) is 18.6 Å². The van der Waals surface area contributed by atoms with E-state index >= 15 is 0 Å². The second kappa shape index (κ2) is 14.0. The van der Waals surface area contributed by atoms with Gasteiger partial charge in [0.2, 0.25) is 0 Å². The van der Waals surface area contributed by atoms with Crippen molar-refractivity contribution in [2.24, 2.45) is 0 Å². The molecule has 0 N–H and O–H groups in total. The Labute approximate surface area is 293 Å². The largest absolute Gasteiger partial charge is 0.256 e. The molecule has 2 heterocycles. The molecule has 0 aliphatic carbocycles. The lowest BCUT2D eigenvalue weighted by Gasteiger charge is -2.22. The minimum absolute atomic E-state index is 0. The molecule has 7 rings (SSSR count). The van der Waals surface area contributed by atoms with Crippen LogP contribution in [-0.4, -0.2) is 18.0 Å². The number of hydrogen-bond donors (Lipinski definition) is 0. The highest BCUT2D eigenvalue weighted by molar-refractivity contribution is 6.88. The molecule has 0 aliphatic rings. The average molecular weight is 653 g/mol. The Kier molecular flexibility index (Phi) is 9.57. The zero-order valence-corrected chi connectivity index (χ0v) is 29.3. The van der Waals surface area contributed by atoms with Crippen LogP contribution in [0.3, 0.4) is 0 Å². The summed E-state index contributed by atoms with van der Waals surface area (Å²) in [5.74, 6) is 0. The number of pyridine rings is 2. The number of rotatable bonds is 7. The third kappa shape index (κ3) is 6.94. The van der Waals surface area contributed by atoms with Gasteiger partial charge in [-0.05, 0) is 112 Å². The normalized spacial score (nSPS) is 11.2. The Bertz CT molecular complexity index is 2080. The van der Waals surface area contributed by atoms with E-state index in [0.29, 0.717) is 0 Å². The molecule has 0 amide bonds. The highest BCUT2D eigenvalue weighted by atomic mass is 28.3. The Morgan fingerprint density at radius 1 is 0.388 bits per heavy atom. The van der Waals surface area contributed by atoms with Crippen LogP contribution in [0, 0.1) is 13.8 Å². The van der Waals surface area contributed by atoms with E-state index in [4.69, 9.17) is 0 Å². The molecule has 2 aromatic heterocycles. The molecule has 0 spiro atoms. The Morgan fingerprint density at radius 2 is 0.796 bits per heavy atom. The fourth-order valence-corrected chi connectivity index (χ4v) is 7.81. The maximum absolute atomic E-state index is 4.58. The summed E-state index contributed by atoms with van der Waals surface area (Å²) in [6.45, 7) is 11.7. The lowest BCUT2D eigenvalue weighted by atomic mass is 9.88. The van der Waals surface area contributed by atoms with Crippen molar-refractivity contribution in [1.82, 2.24) is 9.97 Å². The van der Waals surface area contributed by atoms with Gasteiger partial charge >= 0.3 is 0 Å². The molecule has 0 unspecified atom stereocenters. The first-order valence-electron chi connectivity index (χ1n) is 16.7. The highest BCUT2D eigenvalue weighted by Gasteiger charge is 2.21. The van der Waals surface area contributed by atoms with Gasteiger partial charge in [0, 0.05) is 23.5 Å². The van der Waals surface area contributed by atoms with Crippen LogP contribution in [0.5, 0.6) is 0 Å². The minimum Gasteiger partial charge on any atom is -0.256 e. The van der Waals surface area contributed by atoms with Gasteiger partial charge in [0.25, 0.3) is 0 Å². The molecule has 0 saturated carbocycles. The van der Waals surface area contributed by atoms with Crippen LogP contribution in [0.15, 0.2) is 152 Å². The van der Waals surface area contributed by atoms with Crippen molar-refractivity contribution >= 4 is 13.3 Å². The molecular weight excluding hydrogens is 609 g/mol. The Morgan fingerprint density at radius 3 is 1.16 bits per heavy atom. The number of hydrogen-bond acceptors (Lipinski definition) is 2. The third-order valence-electron chi connectivity index (χ3n) is 9.23. The summed E-state index contributed by atoms with van der Waals surface area (Å²) in [6, 6.07) is 50.6. The molecule has 0 saturated heterocycles. The number of aromatic nitrogens is 2. The van der Waals surface area contributed by atoms with E-state index in [1.165, 1.54) is 60.8 Å². The molecule has 3 heteroatoms. The van der Waals surface area contributed by atoms with Crippen molar-refractivity contribution in [3.63, 3.8) is 0 Å². The molecule has 7 aromatic rings. The van der Waals surface area contributed by atoms with Crippen LogP contribution in [0.2, 0.25) is 19.6 Å². The van der Waals surface area contributed by atoms with Crippen molar-refractivity contribution < 1.29 is 0 Å². The fourth-order valence-electron chi connectivity index (χ4n) is 6.63. The lowest BCUT2D eigenvalue weighted by Crippen LogP contribution is -2.37. The molecule has 0 radical (unpaired) electrons. The van der Waals surface area contributed by atoms with Crippen molar-refractivity contribution in [3.05, 3.63) is 163 Å². The second-order valence-electron chi connectivity index (χ2n) is 13.6. The Hall–Kier alpha value is -5.38. The van der Waals surface area contributed by atoms with E-state index in [2.05, 4.69) is 159 Å². The van der Waals surface area contributed by atoms with Gasteiger partial charge in [-0.15, -0.1) is 0 Å². The summed E-state index contributed by atoms with van der Waals surface area (Å²) in [6.07, 6.45) is 3.71. The van der Waals surface area contributed by atoms with Crippen LogP contribution in [-0.2, 0) is 0 Å². The van der Waals surface area contributed by atoms with E-state index in [1.807, 2.05) is 36.7 Å². The van der Waals surface area contributed by atoms with Crippen molar-refractivity contribution in [1.29, 1.82) is 0 Å². The molecule has 0 aliphatic heterocycles. The van der Waals surface area contributed by atoms with Crippen LogP contribution >= 0.6 is 0 Å². The van der Waals surface area contributed by atoms with Gasteiger partial charge in [0.05, 0.1) is 19.5 Å². The van der Waals surface area contributed by atoms with Crippen molar-refractivity contribution in [3.8, 4) is 67.0 Å². The standard InChI is InChI=1S/C45H40N2Si.CH4/c1-31-26-33(44-18-10-12-24-46-44)20-22-38(31)42-16-8-6-14-40(42)35-28-36(30-37(29-35)48(3,4)5)41-15-7-9-17-43(41)39-23-21-34(27-32(39)2)45-19-11-13-25-47-45;/h6-30H,1-5H3;1H4. The molecular formula is C46H44N2Si. The summed E-state index contributed by atoms with van der Waals surface area (Å²) in [5, 5.41) is 1.45. The van der Waals surface area contributed by atoms with Gasteiger partial charge in [-0.2, -0.15) is 0 Å². The van der Waals surface area contributed by atoms with Crippen LogP contribution < -0.4 is 5.19 Å². The van der Waals surface area contributed by atoms with Crippen LogP contribution in [0.25, 0.3) is 67.0 Å². The SMILES string of the molecule is C.Cc1cc(-c2ccccn2)ccc1-c1ccccc1-c1cc(-c2ccccc2-c2ccc(-c3ccccn3)cc2C)cc([Si](C)(C)C)c1. The summed E-state index contributed by atoms with van der Waals surface area (Å²) in [4.78, 5) is 9.16. The first kappa shape index (κ1) is 33.5. The van der Waals surface area contributed by atoms with Gasteiger partial charge in [0.1, 0.15) is 0 Å². The van der Waals surface area contributed by atoms with Gasteiger partial charge in [-0.1, -0.05) is 129 Å². The zero-order chi connectivity index (χ0) is 33.3. The first-order valence-corrected chi connectivity index (χ1v) is 20.2. The molecule has 2 nitrogen and oxygen atoms in total. The third-order valence-corrected chi connectivity index (χ3v) is 11.3. The molecule has 0 bridgehead atoms. The highest BCUT2D eigenvalue weighted by Crippen LogP contribution is 2.40. The number of aryl methyl sites for hydroxylation is 2. The van der Waals surface area contributed by atoms with E-state index < -0.39 is 8.07 Å². The molecule has 0 fully saturated rings. The number of benzene rings is 5. The first-order chi connectivity index (χ1) is 23.3. The minimum atomic E-state index is -1.68. The van der Waals surface area contributed by atoms with E-state index in [1.54, 1.807) is 0 Å². The predicted octanol–water partition coefficient (Wildman–Crippen LogP) is 12.3.